The third kappa shape index (κ3) is 1.92. The summed E-state index contributed by atoms with van der Waals surface area (Å²) < 4.78 is 29.2. The Labute approximate surface area is 63.9 Å². The summed E-state index contributed by atoms with van der Waals surface area (Å²) in [6.07, 6.45) is 0. The van der Waals surface area contributed by atoms with Crippen LogP contribution in [0.25, 0.3) is 0 Å². The normalized spacial score (nSPS) is 11.4. The van der Waals surface area contributed by atoms with Crippen LogP contribution in [0, 0.1) is 6.07 Å². The van der Waals surface area contributed by atoms with Crippen LogP contribution in [0.1, 0.15) is 0 Å². The van der Waals surface area contributed by atoms with Gasteiger partial charge in [0.15, 0.2) is 0 Å². The monoisotopic (exact) mass is 173 g/mol. The lowest BCUT2D eigenvalue weighted by molar-refractivity contribution is 0.465. The fourth-order valence-corrected chi connectivity index (χ4v) is 1.07. The van der Waals surface area contributed by atoms with E-state index in [2.05, 4.69) is 6.07 Å². The van der Waals surface area contributed by atoms with Crippen LogP contribution in [0.4, 0.5) is 0 Å². The average Bonchev–Trinajstić information content (AvgIpc) is 1.86. The van der Waals surface area contributed by atoms with E-state index in [1.807, 2.05) is 0 Å². The van der Waals surface area contributed by atoms with Gasteiger partial charge in [-0.2, -0.15) is 8.42 Å². The molecule has 0 aliphatic carbocycles. The van der Waals surface area contributed by atoms with Crippen molar-refractivity contribution in [2.24, 2.45) is 0 Å². The van der Waals surface area contributed by atoms with Crippen molar-refractivity contribution < 1.29 is 18.1 Å². The molecule has 5 heteroatoms. The van der Waals surface area contributed by atoms with Gasteiger partial charge in [0, 0.05) is 6.07 Å². The van der Waals surface area contributed by atoms with Gasteiger partial charge in [-0.1, -0.05) is 6.07 Å². The smallest absolute Gasteiger partial charge is 0.295 e. The molecule has 0 spiro atoms. The minimum absolute atomic E-state index is 0.319. The Bertz CT molecular complexity index is 355. The van der Waals surface area contributed by atoms with E-state index in [-0.39, 0.29) is 5.75 Å². The van der Waals surface area contributed by atoms with Crippen molar-refractivity contribution in [2.45, 2.75) is 4.90 Å². The zero-order chi connectivity index (χ0) is 8.48. The highest BCUT2D eigenvalue weighted by atomic mass is 32.2. The maximum absolute atomic E-state index is 10.4. The maximum Gasteiger partial charge on any atom is 0.295 e. The van der Waals surface area contributed by atoms with E-state index in [0.29, 0.717) is 0 Å². The van der Waals surface area contributed by atoms with E-state index in [4.69, 9.17) is 9.66 Å². The number of hydrogen-bond acceptors (Lipinski definition) is 3. The van der Waals surface area contributed by atoms with Crippen LogP contribution >= 0.6 is 0 Å². The summed E-state index contributed by atoms with van der Waals surface area (Å²) in [7, 11) is -4.24. The molecular formula is C6H5O4S. The molecule has 0 saturated heterocycles. The predicted octanol–water partition coefficient (Wildman–Crippen LogP) is 0.439. The van der Waals surface area contributed by atoms with E-state index in [1.54, 1.807) is 0 Å². The molecular weight excluding hydrogens is 168 g/mol. The first-order chi connectivity index (χ1) is 5.00. The highest BCUT2D eigenvalue weighted by Gasteiger charge is 2.09. The van der Waals surface area contributed by atoms with E-state index < -0.39 is 15.0 Å². The third-order valence-electron chi connectivity index (χ3n) is 1.03. The van der Waals surface area contributed by atoms with Crippen LogP contribution in [-0.2, 0) is 10.1 Å². The summed E-state index contributed by atoms with van der Waals surface area (Å²) in [5.74, 6) is -0.319. The van der Waals surface area contributed by atoms with Crippen molar-refractivity contribution in [3.63, 3.8) is 0 Å². The Morgan fingerprint density at radius 2 is 2.00 bits per heavy atom. The Hall–Kier alpha value is -1.07. The number of phenols is 1. The van der Waals surface area contributed by atoms with Gasteiger partial charge < -0.3 is 5.11 Å². The number of benzene rings is 1. The zero-order valence-corrected chi connectivity index (χ0v) is 6.17. The molecule has 0 fully saturated rings. The standard InChI is InChI=1S/C6H5O4S/c7-5-2-1-3-6(4-5)11(8,9)10/h1-3,7H,(H,8,9,10). The predicted molar refractivity (Wildman–Crippen MR) is 36.8 cm³/mol. The average molecular weight is 173 g/mol. The van der Waals surface area contributed by atoms with Gasteiger partial charge in [0.25, 0.3) is 10.1 Å². The first kappa shape index (κ1) is 8.03. The van der Waals surface area contributed by atoms with Gasteiger partial charge in [-0.05, 0) is 12.1 Å². The number of hydrogen-bond donors (Lipinski definition) is 2. The van der Waals surface area contributed by atoms with Gasteiger partial charge in [0.05, 0.1) is 0 Å². The minimum atomic E-state index is -4.24. The van der Waals surface area contributed by atoms with Crippen LogP contribution in [-0.4, -0.2) is 18.1 Å². The van der Waals surface area contributed by atoms with Crippen LogP contribution in [0.3, 0.4) is 0 Å². The minimum Gasteiger partial charge on any atom is -0.507 e. The molecule has 0 aliphatic rings. The SMILES string of the molecule is O=S(=O)(O)c1[c]c(O)ccc1. The van der Waals surface area contributed by atoms with Crippen molar-refractivity contribution >= 4 is 10.1 Å². The summed E-state index contributed by atoms with van der Waals surface area (Å²) in [4.78, 5) is -0.433. The largest absolute Gasteiger partial charge is 0.507 e. The molecule has 0 aliphatic heterocycles. The first-order valence-corrected chi connectivity index (χ1v) is 4.13. The summed E-state index contributed by atoms with van der Waals surface area (Å²) in [6.45, 7) is 0. The molecule has 0 saturated carbocycles. The molecule has 1 radical (unpaired) electrons. The Balaban J connectivity index is 3.28. The molecule has 1 aromatic carbocycles. The van der Waals surface area contributed by atoms with Gasteiger partial charge in [0.1, 0.15) is 10.6 Å². The second-order valence-electron chi connectivity index (χ2n) is 1.88. The molecule has 59 valence electrons. The summed E-state index contributed by atoms with van der Waals surface area (Å²) in [6, 6.07) is 5.76. The van der Waals surface area contributed by atoms with E-state index in [1.165, 1.54) is 12.1 Å². The van der Waals surface area contributed by atoms with Crippen LogP contribution in [0.5, 0.6) is 5.75 Å². The molecule has 0 unspecified atom stereocenters. The first-order valence-electron chi connectivity index (χ1n) is 2.69. The molecule has 2 N–H and O–H groups in total. The fourth-order valence-electron chi connectivity index (χ4n) is 0.587. The van der Waals surface area contributed by atoms with Crippen LogP contribution in [0.2, 0.25) is 0 Å². The quantitative estimate of drug-likeness (QED) is 0.604. The van der Waals surface area contributed by atoms with Gasteiger partial charge in [-0.25, -0.2) is 0 Å². The van der Waals surface area contributed by atoms with Gasteiger partial charge in [-0.15, -0.1) is 0 Å². The van der Waals surface area contributed by atoms with Crippen LogP contribution < -0.4 is 0 Å². The number of rotatable bonds is 1. The molecule has 0 bridgehead atoms. The summed E-state index contributed by atoms with van der Waals surface area (Å²) >= 11 is 0. The Morgan fingerprint density at radius 3 is 2.36 bits per heavy atom. The highest BCUT2D eigenvalue weighted by Crippen LogP contribution is 2.13. The molecule has 0 atom stereocenters. The fraction of sp³-hybridized carbons (Fsp3) is 0. The highest BCUT2D eigenvalue weighted by molar-refractivity contribution is 7.85. The number of phenolic OH excluding ortho intramolecular Hbond substituents is 1. The van der Waals surface area contributed by atoms with Crippen LogP contribution in [0.15, 0.2) is 23.1 Å². The summed E-state index contributed by atoms with van der Waals surface area (Å²) in [5, 5.41) is 8.75. The molecule has 1 aromatic rings. The van der Waals surface area contributed by atoms with Crippen molar-refractivity contribution in [1.82, 2.24) is 0 Å². The van der Waals surface area contributed by atoms with E-state index >= 15 is 0 Å². The lowest BCUT2D eigenvalue weighted by Gasteiger charge is -1.94. The Morgan fingerprint density at radius 1 is 1.36 bits per heavy atom. The molecule has 11 heavy (non-hydrogen) atoms. The molecule has 0 amide bonds. The van der Waals surface area contributed by atoms with E-state index in [0.717, 1.165) is 6.07 Å². The van der Waals surface area contributed by atoms with Gasteiger partial charge in [-0.3, -0.25) is 4.55 Å². The maximum atomic E-state index is 10.4. The summed E-state index contributed by atoms with van der Waals surface area (Å²) in [5.41, 5.74) is 0. The lowest BCUT2D eigenvalue weighted by atomic mass is 10.3. The van der Waals surface area contributed by atoms with Crippen molar-refractivity contribution in [3.8, 4) is 5.75 Å². The van der Waals surface area contributed by atoms with Crippen molar-refractivity contribution in [1.29, 1.82) is 0 Å². The second-order valence-corrected chi connectivity index (χ2v) is 3.27. The van der Waals surface area contributed by atoms with Crippen molar-refractivity contribution in [2.75, 3.05) is 0 Å². The molecule has 4 nitrogen and oxygen atoms in total. The van der Waals surface area contributed by atoms with Gasteiger partial charge in [0.2, 0.25) is 0 Å². The number of aromatic hydroxyl groups is 1. The molecule has 0 aromatic heterocycles. The third-order valence-corrected chi connectivity index (χ3v) is 1.82. The molecule has 1 rings (SSSR count). The van der Waals surface area contributed by atoms with Gasteiger partial charge >= 0.3 is 0 Å². The Kier molecular flexibility index (Phi) is 1.84. The second kappa shape index (κ2) is 2.52. The topological polar surface area (TPSA) is 74.6 Å². The zero-order valence-electron chi connectivity index (χ0n) is 5.35. The van der Waals surface area contributed by atoms with Crippen molar-refractivity contribution in [3.05, 3.63) is 24.3 Å². The molecule has 0 heterocycles. The lowest BCUT2D eigenvalue weighted by Crippen LogP contribution is -1.97. The van der Waals surface area contributed by atoms with E-state index in [9.17, 15) is 8.42 Å².